The molecule has 7 heteroatoms. The second kappa shape index (κ2) is 6.78. The van der Waals surface area contributed by atoms with E-state index in [4.69, 9.17) is 5.14 Å². The normalized spacial score (nSPS) is 11.7. The number of aromatic nitrogens is 2. The van der Waals surface area contributed by atoms with Gasteiger partial charge >= 0.3 is 0 Å². The highest BCUT2D eigenvalue weighted by atomic mass is 32.2. The zero-order chi connectivity index (χ0) is 19.9. The van der Waals surface area contributed by atoms with Crippen LogP contribution in [0.3, 0.4) is 0 Å². The highest BCUT2D eigenvalue weighted by Gasteiger charge is 2.15. The van der Waals surface area contributed by atoms with Gasteiger partial charge in [0, 0.05) is 11.3 Å². The fraction of sp³-hybridized carbons (Fsp3) is 0.0952. The molecule has 0 spiro atoms. The molecule has 3 aromatic carbocycles. The Bertz CT molecular complexity index is 1280. The van der Waals surface area contributed by atoms with Gasteiger partial charge in [-0.3, -0.25) is 4.72 Å². The Hall–Kier alpha value is -3.16. The number of nitrogens with two attached hydrogens (primary N) is 1. The first-order chi connectivity index (χ1) is 13.3. The van der Waals surface area contributed by atoms with Crippen LogP contribution in [0.15, 0.2) is 66.7 Å². The van der Waals surface area contributed by atoms with E-state index in [0.717, 1.165) is 33.6 Å². The maximum absolute atomic E-state index is 11.2. The molecule has 0 aliphatic rings. The number of hydrogen-bond donors (Lipinski definition) is 2. The van der Waals surface area contributed by atoms with Crippen LogP contribution < -0.4 is 9.86 Å². The molecule has 0 atom stereocenters. The van der Waals surface area contributed by atoms with Crippen molar-refractivity contribution in [3.63, 3.8) is 0 Å². The summed E-state index contributed by atoms with van der Waals surface area (Å²) < 4.78 is 26.6. The van der Waals surface area contributed by atoms with Crippen molar-refractivity contribution < 1.29 is 8.42 Å². The van der Waals surface area contributed by atoms with Gasteiger partial charge < -0.3 is 0 Å². The second-order valence-corrected chi connectivity index (χ2v) is 8.05. The molecule has 4 aromatic rings. The first kappa shape index (κ1) is 18.2. The number of nitrogens with one attached hydrogen (secondary N) is 1. The Morgan fingerprint density at radius 2 is 1.68 bits per heavy atom. The Labute approximate surface area is 163 Å². The van der Waals surface area contributed by atoms with Gasteiger partial charge in [0.2, 0.25) is 0 Å². The summed E-state index contributed by atoms with van der Waals surface area (Å²) in [5.41, 5.74) is 5.40. The lowest BCUT2D eigenvalue weighted by Gasteiger charge is -2.13. The second-order valence-electron chi connectivity index (χ2n) is 6.76. The Kier molecular flexibility index (Phi) is 4.41. The van der Waals surface area contributed by atoms with E-state index in [1.807, 2.05) is 35.9 Å². The fourth-order valence-corrected chi connectivity index (χ4v) is 3.89. The summed E-state index contributed by atoms with van der Waals surface area (Å²) in [4.78, 5) is 0. The number of fused-ring (bicyclic) bond motifs is 1. The van der Waals surface area contributed by atoms with Gasteiger partial charge in [0.15, 0.2) is 0 Å². The molecular formula is C21H20N4O2S. The quantitative estimate of drug-likeness (QED) is 0.551. The number of hydrogen-bond acceptors (Lipinski definition) is 3. The zero-order valence-electron chi connectivity index (χ0n) is 15.5. The van der Waals surface area contributed by atoms with Crippen molar-refractivity contribution in [1.29, 1.82) is 0 Å². The molecule has 0 bridgehead atoms. The van der Waals surface area contributed by atoms with Crippen LogP contribution in [0.5, 0.6) is 0 Å². The predicted octanol–water partition coefficient (Wildman–Crippen LogP) is 3.92. The van der Waals surface area contributed by atoms with E-state index in [2.05, 4.69) is 47.1 Å². The van der Waals surface area contributed by atoms with Crippen LogP contribution in [0.2, 0.25) is 0 Å². The molecule has 3 N–H and O–H groups in total. The topological polar surface area (TPSA) is 90.0 Å². The maximum Gasteiger partial charge on any atom is 0.296 e. The molecule has 1 heterocycles. The van der Waals surface area contributed by atoms with Gasteiger partial charge in [-0.1, -0.05) is 36.4 Å². The van der Waals surface area contributed by atoms with Gasteiger partial charge in [-0.15, -0.1) is 0 Å². The van der Waals surface area contributed by atoms with E-state index in [1.54, 1.807) is 12.1 Å². The van der Waals surface area contributed by atoms with Crippen molar-refractivity contribution >= 4 is 26.7 Å². The lowest BCUT2D eigenvalue weighted by atomic mass is 9.97. The van der Waals surface area contributed by atoms with Crippen molar-refractivity contribution in [2.75, 3.05) is 4.72 Å². The molecule has 0 unspecified atom stereocenters. The summed E-state index contributed by atoms with van der Waals surface area (Å²) in [6, 6.07) is 21.5. The van der Waals surface area contributed by atoms with Gasteiger partial charge in [0.1, 0.15) is 0 Å². The standard InChI is InChI=1S/C21H20N4O2S/c1-14-7-8-16-5-3-4-6-19(16)21(14)20-13-15(2)23-25(20)18-11-9-17(10-12-18)24-28(22,26)27/h3-13,24H,1-2H3,(H2,22,26,27). The molecule has 0 aliphatic carbocycles. The molecule has 0 saturated carbocycles. The first-order valence-electron chi connectivity index (χ1n) is 8.78. The molecule has 0 radical (unpaired) electrons. The number of aryl methyl sites for hydroxylation is 2. The van der Waals surface area contributed by atoms with Crippen LogP contribution >= 0.6 is 0 Å². The summed E-state index contributed by atoms with van der Waals surface area (Å²) in [6.07, 6.45) is 0. The van der Waals surface area contributed by atoms with E-state index in [9.17, 15) is 8.42 Å². The number of rotatable bonds is 4. The summed E-state index contributed by atoms with van der Waals surface area (Å²) in [7, 11) is -3.80. The van der Waals surface area contributed by atoms with Crippen LogP contribution in [0.4, 0.5) is 5.69 Å². The van der Waals surface area contributed by atoms with Crippen LogP contribution in [-0.4, -0.2) is 18.2 Å². The van der Waals surface area contributed by atoms with Gasteiger partial charge in [-0.2, -0.15) is 13.5 Å². The molecule has 6 nitrogen and oxygen atoms in total. The van der Waals surface area contributed by atoms with E-state index in [0.29, 0.717) is 5.69 Å². The molecule has 0 aliphatic heterocycles. The Morgan fingerprint density at radius 3 is 2.39 bits per heavy atom. The Morgan fingerprint density at radius 1 is 0.964 bits per heavy atom. The van der Waals surface area contributed by atoms with Crippen molar-refractivity contribution in [3.8, 4) is 16.9 Å². The average molecular weight is 392 g/mol. The van der Waals surface area contributed by atoms with Crippen LogP contribution in [0, 0.1) is 13.8 Å². The van der Waals surface area contributed by atoms with Gasteiger partial charge in [-0.05, 0) is 60.5 Å². The third-order valence-electron chi connectivity index (χ3n) is 4.60. The largest absolute Gasteiger partial charge is 0.296 e. The summed E-state index contributed by atoms with van der Waals surface area (Å²) >= 11 is 0. The SMILES string of the molecule is Cc1cc(-c2c(C)ccc3ccccc23)n(-c2ccc(NS(N)(=O)=O)cc2)n1. The molecular weight excluding hydrogens is 372 g/mol. The molecule has 4 rings (SSSR count). The monoisotopic (exact) mass is 392 g/mol. The molecule has 0 amide bonds. The fourth-order valence-electron chi connectivity index (χ4n) is 3.43. The molecule has 0 saturated heterocycles. The number of anilines is 1. The highest BCUT2D eigenvalue weighted by molar-refractivity contribution is 7.90. The lowest BCUT2D eigenvalue weighted by Crippen LogP contribution is -2.21. The smallest absolute Gasteiger partial charge is 0.271 e. The van der Waals surface area contributed by atoms with Crippen molar-refractivity contribution in [1.82, 2.24) is 9.78 Å². The summed E-state index contributed by atoms with van der Waals surface area (Å²) in [5, 5.41) is 12.0. The minimum atomic E-state index is -3.80. The van der Waals surface area contributed by atoms with E-state index in [-0.39, 0.29) is 0 Å². The Balaban J connectivity index is 1.86. The zero-order valence-corrected chi connectivity index (χ0v) is 16.4. The van der Waals surface area contributed by atoms with E-state index in [1.165, 1.54) is 5.39 Å². The van der Waals surface area contributed by atoms with E-state index >= 15 is 0 Å². The van der Waals surface area contributed by atoms with Crippen molar-refractivity contribution in [3.05, 3.63) is 78.0 Å². The molecule has 28 heavy (non-hydrogen) atoms. The van der Waals surface area contributed by atoms with Crippen molar-refractivity contribution in [2.45, 2.75) is 13.8 Å². The molecule has 0 fully saturated rings. The first-order valence-corrected chi connectivity index (χ1v) is 10.3. The van der Waals surface area contributed by atoms with Crippen LogP contribution in [0.25, 0.3) is 27.7 Å². The van der Waals surface area contributed by atoms with Gasteiger partial charge in [0.25, 0.3) is 10.2 Å². The minimum absolute atomic E-state index is 0.401. The maximum atomic E-state index is 11.2. The van der Waals surface area contributed by atoms with E-state index < -0.39 is 10.2 Å². The number of nitrogens with zero attached hydrogens (tertiary/aromatic N) is 2. The third-order valence-corrected chi connectivity index (χ3v) is 5.12. The summed E-state index contributed by atoms with van der Waals surface area (Å²) in [5.74, 6) is 0. The summed E-state index contributed by atoms with van der Waals surface area (Å²) in [6.45, 7) is 4.05. The predicted molar refractivity (Wildman–Crippen MR) is 113 cm³/mol. The van der Waals surface area contributed by atoms with Gasteiger partial charge in [-0.25, -0.2) is 9.82 Å². The third kappa shape index (κ3) is 3.49. The van der Waals surface area contributed by atoms with Gasteiger partial charge in [0.05, 0.1) is 17.1 Å². The van der Waals surface area contributed by atoms with Crippen LogP contribution in [0.1, 0.15) is 11.3 Å². The minimum Gasteiger partial charge on any atom is -0.271 e. The lowest BCUT2D eigenvalue weighted by molar-refractivity contribution is 0.603. The number of benzene rings is 3. The molecule has 142 valence electrons. The van der Waals surface area contributed by atoms with Crippen molar-refractivity contribution in [2.24, 2.45) is 5.14 Å². The molecule has 1 aromatic heterocycles. The average Bonchev–Trinajstić information content (AvgIpc) is 3.02. The van der Waals surface area contributed by atoms with Crippen LogP contribution in [-0.2, 0) is 10.2 Å². The highest BCUT2D eigenvalue weighted by Crippen LogP contribution is 2.33.